The van der Waals surface area contributed by atoms with Crippen LogP contribution in [-0.2, 0) is 0 Å². The van der Waals surface area contributed by atoms with E-state index in [0.29, 0.717) is 5.65 Å². The van der Waals surface area contributed by atoms with Crippen molar-refractivity contribution < 1.29 is 0 Å². The third-order valence-corrected chi connectivity index (χ3v) is 3.88. The fourth-order valence-corrected chi connectivity index (χ4v) is 2.81. The van der Waals surface area contributed by atoms with Gasteiger partial charge in [0.25, 0.3) is 0 Å². The van der Waals surface area contributed by atoms with Crippen molar-refractivity contribution in [2.24, 2.45) is 0 Å². The number of pyridine rings is 1. The van der Waals surface area contributed by atoms with Gasteiger partial charge in [0.15, 0.2) is 11.5 Å². The zero-order valence-electron chi connectivity index (χ0n) is 10.6. The maximum absolute atomic E-state index is 4.68. The number of anilines is 1. The van der Waals surface area contributed by atoms with Crippen molar-refractivity contribution in [2.45, 2.75) is 0 Å². The minimum Gasteiger partial charge on any atom is -0.351 e. The predicted molar refractivity (Wildman–Crippen MR) is 78.9 cm³/mol. The van der Waals surface area contributed by atoms with E-state index in [0.717, 1.165) is 47.6 Å². The maximum Gasteiger partial charge on any atom is 0.204 e. The molecule has 1 saturated heterocycles. The van der Waals surface area contributed by atoms with Gasteiger partial charge in [-0.25, -0.2) is 9.97 Å². The highest BCUT2D eigenvalue weighted by atomic mass is 79.9. The van der Waals surface area contributed by atoms with Crippen LogP contribution >= 0.6 is 15.9 Å². The Hall–Kier alpha value is -1.80. The zero-order chi connectivity index (χ0) is 13.5. The number of nitrogens with one attached hydrogen (secondary N) is 1. The number of fused-ring (bicyclic) bond motifs is 3. The monoisotopic (exact) mass is 333 g/mol. The molecule has 0 saturated carbocycles. The van der Waals surface area contributed by atoms with Crippen LogP contribution in [-0.4, -0.2) is 50.7 Å². The van der Waals surface area contributed by atoms with Gasteiger partial charge in [-0.1, -0.05) is 0 Å². The summed E-state index contributed by atoms with van der Waals surface area (Å²) in [5.41, 5.74) is 2.38. The molecule has 4 rings (SSSR count). The summed E-state index contributed by atoms with van der Waals surface area (Å²) in [5, 5.41) is 11.6. The number of aromatic nitrogens is 5. The van der Waals surface area contributed by atoms with E-state index in [9.17, 15) is 0 Å². The van der Waals surface area contributed by atoms with E-state index in [4.69, 9.17) is 0 Å². The molecule has 7 nitrogen and oxygen atoms in total. The number of halogens is 1. The number of rotatable bonds is 1. The van der Waals surface area contributed by atoms with E-state index < -0.39 is 0 Å². The maximum atomic E-state index is 4.68. The van der Waals surface area contributed by atoms with E-state index in [1.807, 2.05) is 10.5 Å². The van der Waals surface area contributed by atoms with Crippen molar-refractivity contribution in [2.75, 3.05) is 31.1 Å². The molecule has 20 heavy (non-hydrogen) atoms. The topological polar surface area (TPSA) is 71.2 Å². The van der Waals surface area contributed by atoms with Crippen LogP contribution < -0.4 is 10.2 Å². The normalized spacial score (nSPS) is 16.1. The van der Waals surface area contributed by atoms with Crippen LogP contribution in [0.15, 0.2) is 23.1 Å². The summed E-state index contributed by atoms with van der Waals surface area (Å²) >= 11 is 3.44. The molecule has 1 N–H and O–H groups in total. The molecule has 0 amide bonds. The fraction of sp³-hybridized carbons (Fsp3) is 0.333. The summed E-state index contributed by atoms with van der Waals surface area (Å²) in [6.07, 6.45) is 3.46. The van der Waals surface area contributed by atoms with Crippen molar-refractivity contribution in [3.05, 3.63) is 23.1 Å². The summed E-state index contributed by atoms with van der Waals surface area (Å²) in [5.74, 6) is 0.853. The third kappa shape index (κ3) is 1.83. The van der Waals surface area contributed by atoms with Gasteiger partial charge in [0.05, 0.1) is 5.52 Å². The van der Waals surface area contributed by atoms with Crippen LogP contribution in [0, 0.1) is 0 Å². The second-order valence-corrected chi connectivity index (χ2v) is 5.61. The van der Waals surface area contributed by atoms with Crippen LogP contribution in [0.25, 0.3) is 16.8 Å². The van der Waals surface area contributed by atoms with Crippen molar-refractivity contribution in [3.63, 3.8) is 0 Å². The van der Waals surface area contributed by atoms with Crippen molar-refractivity contribution in [3.8, 4) is 0 Å². The lowest BCUT2D eigenvalue weighted by Crippen LogP contribution is -2.44. The Bertz CT molecular complexity index is 778. The molecule has 0 aliphatic carbocycles. The Morgan fingerprint density at radius 2 is 2.10 bits per heavy atom. The van der Waals surface area contributed by atoms with Gasteiger partial charge in [0.2, 0.25) is 5.65 Å². The number of hydrogen-bond acceptors (Lipinski definition) is 6. The largest absolute Gasteiger partial charge is 0.351 e. The molecule has 0 unspecified atom stereocenters. The molecule has 3 aromatic heterocycles. The van der Waals surface area contributed by atoms with Gasteiger partial charge >= 0.3 is 0 Å². The average Bonchev–Trinajstić information content (AvgIpc) is 2.97. The molecule has 1 aliphatic heterocycles. The molecule has 0 bridgehead atoms. The number of hydrogen-bond donors (Lipinski definition) is 1. The SMILES string of the molecule is Brc1cnc2nc(N3CCNCC3)c3nncn3c2c1. The Morgan fingerprint density at radius 1 is 1.25 bits per heavy atom. The van der Waals surface area contributed by atoms with Gasteiger partial charge in [0, 0.05) is 36.8 Å². The summed E-state index contributed by atoms with van der Waals surface area (Å²) in [7, 11) is 0. The Labute approximate surface area is 123 Å². The first kappa shape index (κ1) is 12.0. The smallest absolute Gasteiger partial charge is 0.204 e. The Balaban J connectivity index is 1.99. The summed E-state index contributed by atoms with van der Waals surface area (Å²) in [6.45, 7) is 3.73. The van der Waals surface area contributed by atoms with E-state index in [1.54, 1.807) is 12.5 Å². The van der Waals surface area contributed by atoms with Gasteiger partial charge in [0.1, 0.15) is 6.33 Å². The van der Waals surface area contributed by atoms with E-state index >= 15 is 0 Å². The molecular formula is C12H12BrN7. The molecule has 102 valence electrons. The van der Waals surface area contributed by atoms with Gasteiger partial charge in [-0.15, -0.1) is 10.2 Å². The van der Waals surface area contributed by atoms with Gasteiger partial charge < -0.3 is 10.2 Å². The molecule has 4 heterocycles. The number of nitrogens with zero attached hydrogens (tertiary/aromatic N) is 6. The van der Waals surface area contributed by atoms with Gasteiger partial charge in [-0.3, -0.25) is 4.40 Å². The van der Waals surface area contributed by atoms with Crippen LogP contribution in [0.2, 0.25) is 0 Å². The van der Waals surface area contributed by atoms with Crippen LogP contribution in [0.5, 0.6) is 0 Å². The van der Waals surface area contributed by atoms with Crippen LogP contribution in [0.4, 0.5) is 5.82 Å². The van der Waals surface area contributed by atoms with Crippen LogP contribution in [0.3, 0.4) is 0 Å². The predicted octanol–water partition coefficient (Wildman–Crippen LogP) is 0.845. The molecule has 3 aromatic rings. The summed E-state index contributed by atoms with van der Waals surface area (Å²) < 4.78 is 2.86. The van der Waals surface area contributed by atoms with Gasteiger partial charge in [-0.05, 0) is 22.0 Å². The second kappa shape index (κ2) is 4.64. The quantitative estimate of drug-likeness (QED) is 0.711. The van der Waals surface area contributed by atoms with Crippen molar-refractivity contribution in [1.29, 1.82) is 0 Å². The molecule has 0 radical (unpaired) electrons. The summed E-state index contributed by atoms with van der Waals surface area (Å²) in [6, 6.07) is 1.98. The molecule has 8 heteroatoms. The molecule has 1 fully saturated rings. The standard InChI is InChI=1S/C12H12BrN7/c13-8-5-9-10(15-6-8)17-11(12-18-16-7-20(9)12)19-3-1-14-2-4-19/h5-7,14H,1-4H2. The third-order valence-electron chi connectivity index (χ3n) is 3.45. The first-order valence-electron chi connectivity index (χ1n) is 6.43. The molecule has 0 aromatic carbocycles. The van der Waals surface area contributed by atoms with E-state index in [1.165, 1.54) is 0 Å². The lowest BCUT2D eigenvalue weighted by atomic mass is 10.3. The van der Waals surface area contributed by atoms with Gasteiger partial charge in [-0.2, -0.15) is 0 Å². The minimum atomic E-state index is 0.703. The summed E-state index contributed by atoms with van der Waals surface area (Å²) in [4.78, 5) is 11.3. The Morgan fingerprint density at radius 3 is 2.95 bits per heavy atom. The zero-order valence-corrected chi connectivity index (χ0v) is 12.2. The highest BCUT2D eigenvalue weighted by Gasteiger charge is 2.18. The highest BCUT2D eigenvalue weighted by Crippen LogP contribution is 2.24. The molecule has 1 aliphatic rings. The Kier molecular flexibility index (Phi) is 2.78. The second-order valence-electron chi connectivity index (χ2n) is 4.69. The fourth-order valence-electron chi connectivity index (χ4n) is 2.49. The molecule has 0 spiro atoms. The van der Waals surface area contributed by atoms with Crippen LogP contribution in [0.1, 0.15) is 0 Å². The molecule has 0 atom stereocenters. The lowest BCUT2D eigenvalue weighted by molar-refractivity contribution is 0.586. The minimum absolute atomic E-state index is 0.703. The van der Waals surface area contributed by atoms with Crippen molar-refractivity contribution >= 4 is 38.6 Å². The number of piperazine rings is 1. The first-order valence-corrected chi connectivity index (χ1v) is 7.23. The molecular weight excluding hydrogens is 322 g/mol. The lowest BCUT2D eigenvalue weighted by Gasteiger charge is -2.28. The van der Waals surface area contributed by atoms with E-state index in [-0.39, 0.29) is 0 Å². The highest BCUT2D eigenvalue weighted by molar-refractivity contribution is 9.10. The first-order chi connectivity index (χ1) is 9.83. The van der Waals surface area contributed by atoms with Crippen molar-refractivity contribution in [1.82, 2.24) is 29.9 Å². The van der Waals surface area contributed by atoms with E-state index in [2.05, 4.69) is 46.3 Å². The average molecular weight is 334 g/mol.